The summed E-state index contributed by atoms with van der Waals surface area (Å²) in [6.45, 7) is 2.74. The van der Waals surface area contributed by atoms with E-state index in [1.165, 1.54) is 0 Å². The molecule has 0 aliphatic heterocycles. The Hall–Kier alpha value is -1.95. The summed E-state index contributed by atoms with van der Waals surface area (Å²) < 4.78 is 0.909. The molecular formula is C15H17BrN4O. The van der Waals surface area contributed by atoms with Gasteiger partial charge in [0.1, 0.15) is 5.69 Å². The van der Waals surface area contributed by atoms with Gasteiger partial charge in [0.2, 0.25) is 5.95 Å². The minimum Gasteiger partial charge on any atom is -0.351 e. The minimum absolute atomic E-state index is 0.180. The number of hydrogen-bond donors (Lipinski definition) is 2. The van der Waals surface area contributed by atoms with E-state index in [2.05, 4.69) is 43.5 Å². The van der Waals surface area contributed by atoms with Crippen LogP contribution < -0.4 is 10.6 Å². The molecular weight excluding hydrogens is 332 g/mol. The normalized spacial score (nSPS) is 10.2. The average Bonchev–Trinajstić information content (AvgIpc) is 2.50. The van der Waals surface area contributed by atoms with Crippen molar-refractivity contribution in [3.05, 3.63) is 46.7 Å². The van der Waals surface area contributed by atoms with E-state index >= 15 is 0 Å². The molecule has 110 valence electrons. The zero-order valence-electron chi connectivity index (χ0n) is 11.8. The van der Waals surface area contributed by atoms with Crippen LogP contribution in [-0.2, 0) is 0 Å². The van der Waals surface area contributed by atoms with Crippen molar-refractivity contribution >= 4 is 33.5 Å². The molecule has 0 radical (unpaired) electrons. The fourth-order valence-corrected chi connectivity index (χ4v) is 2.08. The smallest absolute Gasteiger partial charge is 0.270 e. The van der Waals surface area contributed by atoms with Crippen LogP contribution in [-0.4, -0.2) is 22.4 Å². The van der Waals surface area contributed by atoms with Crippen molar-refractivity contribution in [2.45, 2.75) is 19.8 Å². The van der Waals surface area contributed by atoms with Gasteiger partial charge >= 0.3 is 0 Å². The third kappa shape index (κ3) is 4.53. The highest BCUT2D eigenvalue weighted by Gasteiger charge is 2.08. The number of carbonyl (C=O) groups excluding carboxylic acids is 1. The number of aromatic nitrogens is 2. The lowest BCUT2D eigenvalue weighted by molar-refractivity contribution is 0.0948. The molecule has 2 rings (SSSR count). The maximum Gasteiger partial charge on any atom is 0.270 e. The maximum atomic E-state index is 12.0. The van der Waals surface area contributed by atoms with Gasteiger partial charge in [-0.2, -0.15) is 0 Å². The predicted octanol–water partition coefficient (Wildman–Crippen LogP) is 3.51. The number of hydrogen-bond acceptors (Lipinski definition) is 4. The molecule has 0 spiro atoms. The van der Waals surface area contributed by atoms with E-state index in [0.29, 0.717) is 18.2 Å². The summed E-state index contributed by atoms with van der Waals surface area (Å²) in [5, 5.41) is 5.92. The number of nitrogens with zero attached hydrogens (tertiary/aromatic N) is 2. The van der Waals surface area contributed by atoms with E-state index in [0.717, 1.165) is 23.0 Å². The molecule has 0 bridgehead atoms. The van der Waals surface area contributed by atoms with Crippen LogP contribution in [0.4, 0.5) is 11.6 Å². The molecule has 6 heteroatoms. The van der Waals surface area contributed by atoms with Gasteiger partial charge in [-0.05, 0) is 40.5 Å². The number of anilines is 2. The molecule has 0 saturated heterocycles. The Bertz CT molecular complexity index is 618. The molecule has 5 nitrogen and oxygen atoms in total. The summed E-state index contributed by atoms with van der Waals surface area (Å²) in [4.78, 5) is 20.3. The van der Waals surface area contributed by atoms with E-state index in [-0.39, 0.29) is 5.91 Å². The van der Waals surface area contributed by atoms with Gasteiger partial charge in [0.25, 0.3) is 5.91 Å². The summed E-state index contributed by atoms with van der Waals surface area (Å²) >= 11 is 3.45. The molecule has 2 N–H and O–H groups in total. The third-order valence-electron chi connectivity index (χ3n) is 2.82. The Morgan fingerprint density at radius 2 is 2.10 bits per heavy atom. The molecule has 0 saturated carbocycles. The van der Waals surface area contributed by atoms with Crippen molar-refractivity contribution in [2.24, 2.45) is 0 Å². The lowest BCUT2D eigenvalue weighted by Crippen LogP contribution is -2.25. The number of rotatable bonds is 6. The molecule has 0 atom stereocenters. The minimum atomic E-state index is -0.180. The second kappa shape index (κ2) is 7.73. The zero-order valence-corrected chi connectivity index (χ0v) is 13.4. The quantitative estimate of drug-likeness (QED) is 0.784. The molecule has 21 heavy (non-hydrogen) atoms. The lowest BCUT2D eigenvalue weighted by Gasteiger charge is -2.08. The number of nitrogens with one attached hydrogen (secondary N) is 2. The van der Waals surface area contributed by atoms with Gasteiger partial charge in [0, 0.05) is 17.2 Å². The Morgan fingerprint density at radius 3 is 2.86 bits per heavy atom. The second-order valence-electron chi connectivity index (χ2n) is 4.48. The first kappa shape index (κ1) is 15.4. The van der Waals surface area contributed by atoms with Gasteiger partial charge in [-0.1, -0.05) is 25.5 Å². The first-order valence-corrected chi connectivity index (χ1v) is 7.63. The number of unbranched alkanes of at least 4 members (excludes halogenated alkanes) is 1. The van der Waals surface area contributed by atoms with Crippen LogP contribution in [0.15, 0.2) is 41.0 Å². The van der Waals surface area contributed by atoms with Crippen LogP contribution in [0, 0.1) is 0 Å². The van der Waals surface area contributed by atoms with E-state index in [9.17, 15) is 4.79 Å². The highest BCUT2D eigenvalue weighted by molar-refractivity contribution is 9.10. The SMILES string of the molecule is CCCCNC(=O)c1ccnc(Nc2ccccc2Br)n1. The Balaban J connectivity index is 2.07. The van der Waals surface area contributed by atoms with Crippen LogP contribution in [0.25, 0.3) is 0 Å². The van der Waals surface area contributed by atoms with E-state index in [4.69, 9.17) is 0 Å². The Kier molecular flexibility index (Phi) is 5.68. The number of amides is 1. The third-order valence-corrected chi connectivity index (χ3v) is 3.52. The van der Waals surface area contributed by atoms with Crippen LogP contribution >= 0.6 is 15.9 Å². The summed E-state index contributed by atoms with van der Waals surface area (Å²) in [7, 11) is 0. The van der Waals surface area contributed by atoms with Crippen LogP contribution in [0.5, 0.6) is 0 Å². The summed E-state index contributed by atoms with van der Waals surface area (Å²) in [5.74, 6) is 0.214. The van der Waals surface area contributed by atoms with Gasteiger partial charge in [0.15, 0.2) is 0 Å². The molecule has 0 aliphatic rings. The van der Waals surface area contributed by atoms with Crippen molar-refractivity contribution in [3.63, 3.8) is 0 Å². The Morgan fingerprint density at radius 1 is 1.29 bits per heavy atom. The van der Waals surface area contributed by atoms with E-state index in [1.54, 1.807) is 12.3 Å². The molecule has 1 aromatic heterocycles. The first-order chi connectivity index (χ1) is 10.2. The number of halogens is 1. The van der Waals surface area contributed by atoms with Crippen LogP contribution in [0.1, 0.15) is 30.3 Å². The number of para-hydroxylation sites is 1. The molecule has 1 amide bonds. The average molecular weight is 349 g/mol. The highest BCUT2D eigenvalue weighted by atomic mass is 79.9. The molecule has 0 aliphatic carbocycles. The fraction of sp³-hybridized carbons (Fsp3) is 0.267. The van der Waals surface area contributed by atoms with Gasteiger partial charge < -0.3 is 10.6 Å². The molecule has 0 fully saturated rings. The van der Waals surface area contributed by atoms with Crippen molar-refractivity contribution < 1.29 is 4.79 Å². The standard InChI is InChI=1S/C15H17BrN4O/c1-2-3-9-17-14(21)13-8-10-18-15(20-13)19-12-7-5-4-6-11(12)16/h4-8,10H,2-3,9H2,1H3,(H,17,21)(H,18,19,20). The second-order valence-corrected chi connectivity index (χ2v) is 5.33. The summed E-state index contributed by atoms with van der Waals surface area (Å²) in [6.07, 6.45) is 3.57. The Labute approximate surface area is 132 Å². The van der Waals surface area contributed by atoms with Gasteiger partial charge in [-0.15, -0.1) is 0 Å². The zero-order chi connectivity index (χ0) is 15.1. The molecule has 1 heterocycles. The van der Waals surface area contributed by atoms with Gasteiger partial charge in [0.05, 0.1) is 5.69 Å². The number of carbonyl (C=O) groups is 1. The summed E-state index contributed by atoms with van der Waals surface area (Å²) in [6, 6.07) is 9.26. The summed E-state index contributed by atoms with van der Waals surface area (Å²) in [5.41, 5.74) is 1.21. The van der Waals surface area contributed by atoms with Crippen molar-refractivity contribution in [1.29, 1.82) is 0 Å². The van der Waals surface area contributed by atoms with E-state index in [1.807, 2.05) is 24.3 Å². The van der Waals surface area contributed by atoms with Crippen molar-refractivity contribution in [1.82, 2.24) is 15.3 Å². The maximum absolute atomic E-state index is 12.0. The van der Waals surface area contributed by atoms with E-state index < -0.39 is 0 Å². The fourth-order valence-electron chi connectivity index (χ4n) is 1.70. The van der Waals surface area contributed by atoms with Crippen molar-refractivity contribution in [3.8, 4) is 0 Å². The number of benzene rings is 1. The molecule has 1 aromatic carbocycles. The first-order valence-electron chi connectivity index (χ1n) is 6.83. The molecule has 2 aromatic rings. The van der Waals surface area contributed by atoms with Crippen molar-refractivity contribution in [2.75, 3.05) is 11.9 Å². The molecule has 0 unspecified atom stereocenters. The monoisotopic (exact) mass is 348 g/mol. The predicted molar refractivity (Wildman–Crippen MR) is 86.7 cm³/mol. The largest absolute Gasteiger partial charge is 0.351 e. The highest BCUT2D eigenvalue weighted by Crippen LogP contribution is 2.23. The van der Waals surface area contributed by atoms with Gasteiger partial charge in [-0.25, -0.2) is 9.97 Å². The lowest BCUT2D eigenvalue weighted by atomic mass is 10.3. The van der Waals surface area contributed by atoms with Gasteiger partial charge in [-0.3, -0.25) is 4.79 Å². The van der Waals surface area contributed by atoms with Crippen LogP contribution in [0.2, 0.25) is 0 Å². The van der Waals surface area contributed by atoms with Crippen LogP contribution in [0.3, 0.4) is 0 Å². The topological polar surface area (TPSA) is 66.9 Å².